The summed E-state index contributed by atoms with van der Waals surface area (Å²) in [5.41, 5.74) is 0.885. The lowest BCUT2D eigenvalue weighted by Crippen LogP contribution is -2.44. The van der Waals surface area contributed by atoms with Crippen molar-refractivity contribution >= 4 is 12.1 Å². The first-order valence-corrected chi connectivity index (χ1v) is 7.74. The van der Waals surface area contributed by atoms with Gasteiger partial charge in [-0.3, -0.25) is 19.9 Å². The second kappa shape index (κ2) is 7.09. The Morgan fingerprint density at radius 1 is 1.32 bits per heavy atom. The van der Waals surface area contributed by atoms with Gasteiger partial charge in [0.05, 0.1) is 26.5 Å². The van der Waals surface area contributed by atoms with Crippen molar-refractivity contribution in [2.45, 2.75) is 18.6 Å². The highest BCUT2D eigenvalue weighted by Crippen LogP contribution is 2.24. The van der Waals surface area contributed by atoms with E-state index in [-0.39, 0.29) is 6.17 Å². The molecule has 0 bridgehead atoms. The molecule has 2 aliphatic heterocycles. The Bertz CT molecular complexity index is 488. The Hall–Kier alpha value is -1.63. The lowest BCUT2D eigenvalue weighted by Gasteiger charge is -2.32. The molecule has 1 aromatic carbocycles. The van der Waals surface area contributed by atoms with E-state index in [1.165, 1.54) is 0 Å². The highest BCUT2D eigenvalue weighted by molar-refractivity contribution is 5.76. The van der Waals surface area contributed by atoms with Gasteiger partial charge in [0.15, 0.2) is 0 Å². The normalized spacial score (nSPS) is 25.9. The van der Waals surface area contributed by atoms with Crippen LogP contribution in [0.1, 0.15) is 6.42 Å². The molecule has 1 aromatic rings. The van der Waals surface area contributed by atoms with Gasteiger partial charge in [-0.05, 0) is 30.7 Å². The Kier molecular flexibility index (Phi) is 4.92. The molecule has 0 aromatic heterocycles. The van der Waals surface area contributed by atoms with Crippen LogP contribution in [-0.2, 0) is 9.53 Å². The number of nitrogens with zero attached hydrogens (tertiary/aromatic N) is 2. The monoisotopic (exact) mass is 305 g/mol. The van der Waals surface area contributed by atoms with E-state index in [1.54, 1.807) is 12.0 Å². The molecule has 1 amide bonds. The smallest absolute Gasteiger partial charge is 0.215 e. The Labute approximate surface area is 131 Å². The summed E-state index contributed by atoms with van der Waals surface area (Å²) in [4.78, 5) is 15.8. The van der Waals surface area contributed by atoms with Crippen LogP contribution in [0.3, 0.4) is 0 Å². The van der Waals surface area contributed by atoms with E-state index in [0.29, 0.717) is 6.04 Å². The molecule has 2 unspecified atom stereocenters. The van der Waals surface area contributed by atoms with Crippen molar-refractivity contribution in [3.63, 3.8) is 0 Å². The summed E-state index contributed by atoms with van der Waals surface area (Å²) in [5, 5.41) is 3.46. The fourth-order valence-corrected chi connectivity index (χ4v) is 3.20. The van der Waals surface area contributed by atoms with Gasteiger partial charge in [-0.15, -0.1) is 0 Å². The van der Waals surface area contributed by atoms with Crippen LogP contribution in [0.15, 0.2) is 24.3 Å². The van der Waals surface area contributed by atoms with Gasteiger partial charge >= 0.3 is 0 Å². The number of nitrogens with one attached hydrogen (secondary N) is 1. The van der Waals surface area contributed by atoms with Crippen LogP contribution < -0.4 is 15.0 Å². The summed E-state index contributed by atoms with van der Waals surface area (Å²) in [6.45, 7) is 4.46. The van der Waals surface area contributed by atoms with Crippen LogP contribution in [0.5, 0.6) is 5.75 Å². The molecule has 2 aliphatic rings. The molecule has 2 fully saturated rings. The van der Waals surface area contributed by atoms with Gasteiger partial charge in [0.25, 0.3) is 0 Å². The second-order valence-corrected chi connectivity index (χ2v) is 5.67. The number of carbonyl (C=O) groups is 1. The summed E-state index contributed by atoms with van der Waals surface area (Å²) >= 11 is 0. The third-order valence-corrected chi connectivity index (χ3v) is 4.47. The minimum Gasteiger partial charge on any atom is -0.497 e. The largest absolute Gasteiger partial charge is 0.497 e. The average molecular weight is 305 g/mol. The van der Waals surface area contributed by atoms with Crippen LogP contribution in [0.25, 0.3) is 0 Å². The molecule has 1 N–H and O–H groups in total. The van der Waals surface area contributed by atoms with Gasteiger partial charge in [-0.1, -0.05) is 0 Å². The van der Waals surface area contributed by atoms with Crippen molar-refractivity contribution in [1.29, 1.82) is 0 Å². The zero-order valence-corrected chi connectivity index (χ0v) is 12.9. The third-order valence-electron chi connectivity index (χ3n) is 4.47. The number of hydrogen-bond donors (Lipinski definition) is 1. The molecule has 22 heavy (non-hydrogen) atoms. The summed E-state index contributed by atoms with van der Waals surface area (Å²) < 4.78 is 10.6. The minimum atomic E-state index is 0.0405. The zero-order chi connectivity index (χ0) is 15.4. The topological polar surface area (TPSA) is 54.0 Å². The quantitative estimate of drug-likeness (QED) is 0.811. The molecule has 0 aliphatic carbocycles. The van der Waals surface area contributed by atoms with E-state index in [4.69, 9.17) is 9.47 Å². The standard InChI is InChI=1S/C16H23N3O3/c1-21-15-4-2-13(3-5-15)19(12-20)16-10-14(11-17-16)18-6-8-22-9-7-18/h2-5,12,14,16-17H,6-11H2,1H3. The fourth-order valence-electron chi connectivity index (χ4n) is 3.20. The number of morpholine rings is 1. The van der Waals surface area contributed by atoms with E-state index >= 15 is 0 Å². The predicted molar refractivity (Wildman–Crippen MR) is 84.1 cm³/mol. The van der Waals surface area contributed by atoms with E-state index in [0.717, 1.165) is 57.1 Å². The number of ether oxygens (including phenoxy) is 2. The van der Waals surface area contributed by atoms with Crippen molar-refractivity contribution in [2.75, 3.05) is 44.9 Å². The lowest BCUT2D eigenvalue weighted by molar-refractivity contribution is -0.108. The maximum absolute atomic E-state index is 11.6. The fraction of sp³-hybridized carbons (Fsp3) is 0.562. The molecule has 0 spiro atoms. The van der Waals surface area contributed by atoms with Gasteiger partial charge in [0.1, 0.15) is 5.75 Å². The number of benzene rings is 1. The van der Waals surface area contributed by atoms with Crippen LogP contribution in [0.2, 0.25) is 0 Å². The van der Waals surface area contributed by atoms with Crippen molar-refractivity contribution in [3.8, 4) is 5.75 Å². The van der Waals surface area contributed by atoms with Crippen molar-refractivity contribution in [2.24, 2.45) is 0 Å². The molecule has 2 saturated heterocycles. The van der Waals surface area contributed by atoms with Crippen molar-refractivity contribution in [1.82, 2.24) is 10.2 Å². The summed E-state index contributed by atoms with van der Waals surface area (Å²) in [5.74, 6) is 0.792. The first kappa shape index (κ1) is 15.3. The maximum atomic E-state index is 11.6. The highest BCUT2D eigenvalue weighted by Gasteiger charge is 2.33. The Balaban J connectivity index is 1.65. The SMILES string of the molecule is COc1ccc(N(C=O)C2CC(N3CCOCC3)CN2)cc1. The van der Waals surface area contributed by atoms with Gasteiger partial charge in [-0.2, -0.15) is 0 Å². The number of rotatable bonds is 5. The molecule has 2 atom stereocenters. The average Bonchev–Trinajstić information content (AvgIpc) is 3.07. The number of carbonyl (C=O) groups excluding carboxylic acids is 1. The molecule has 2 heterocycles. The van der Waals surface area contributed by atoms with E-state index in [9.17, 15) is 4.79 Å². The first-order chi connectivity index (χ1) is 10.8. The molecule has 6 nitrogen and oxygen atoms in total. The highest BCUT2D eigenvalue weighted by atomic mass is 16.5. The maximum Gasteiger partial charge on any atom is 0.215 e. The number of methoxy groups -OCH3 is 1. The second-order valence-electron chi connectivity index (χ2n) is 5.67. The Morgan fingerprint density at radius 3 is 2.68 bits per heavy atom. The summed E-state index contributed by atoms with van der Waals surface area (Å²) in [6, 6.07) is 8.05. The molecule has 6 heteroatoms. The first-order valence-electron chi connectivity index (χ1n) is 7.74. The van der Waals surface area contributed by atoms with Crippen LogP contribution >= 0.6 is 0 Å². The van der Waals surface area contributed by atoms with Crippen LogP contribution in [0.4, 0.5) is 5.69 Å². The Morgan fingerprint density at radius 2 is 2.05 bits per heavy atom. The third kappa shape index (κ3) is 3.24. The molecule has 3 rings (SSSR count). The van der Waals surface area contributed by atoms with Crippen molar-refractivity contribution < 1.29 is 14.3 Å². The van der Waals surface area contributed by atoms with Gasteiger partial charge in [0, 0.05) is 31.4 Å². The van der Waals surface area contributed by atoms with Gasteiger partial charge in [-0.25, -0.2) is 0 Å². The summed E-state index contributed by atoms with van der Waals surface area (Å²) in [7, 11) is 1.64. The molecule has 0 saturated carbocycles. The number of hydrogen-bond acceptors (Lipinski definition) is 5. The molecular weight excluding hydrogens is 282 g/mol. The van der Waals surface area contributed by atoms with Gasteiger partial charge in [0.2, 0.25) is 6.41 Å². The molecular formula is C16H23N3O3. The molecule has 0 radical (unpaired) electrons. The van der Waals surface area contributed by atoms with Crippen LogP contribution in [-0.4, -0.2) is 63.5 Å². The predicted octanol–water partition coefficient (Wildman–Crippen LogP) is 0.678. The van der Waals surface area contributed by atoms with E-state index in [2.05, 4.69) is 10.2 Å². The molecule has 120 valence electrons. The van der Waals surface area contributed by atoms with Crippen molar-refractivity contribution in [3.05, 3.63) is 24.3 Å². The number of amides is 1. The number of anilines is 1. The van der Waals surface area contributed by atoms with E-state index in [1.807, 2.05) is 24.3 Å². The van der Waals surface area contributed by atoms with Gasteiger partial charge < -0.3 is 9.47 Å². The minimum absolute atomic E-state index is 0.0405. The lowest BCUT2D eigenvalue weighted by atomic mass is 10.1. The summed E-state index contributed by atoms with van der Waals surface area (Å²) in [6.07, 6.45) is 1.88. The zero-order valence-electron chi connectivity index (χ0n) is 12.9. The van der Waals surface area contributed by atoms with Crippen LogP contribution in [0, 0.1) is 0 Å². The van der Waals surface area contributed by atoms with E-state index < -0.39 is 0 Å².